The first kappa shape index (κ1) is 9.91. The molecule has 0 unspecified atom stereocenters. The van der Waals surface area contributed by atoms with Gasteiger partial charge in [0.1, 0.15) is 0 Å². The van der Waals surface area contributed by atoms with E-state index >= 15 is 0 Å². The molecule has 0 aliphatic rings. The first-order valence-corrected chi connectivity index (χ1v) is 5.24. The van der Waals surface area contributed by atoms with Crippen molar-refractivity contribution < 1.29 is 4.79 Å². The van der Waals surface area contributed by atoms with Crippen LogP contribution in [0.2, 0.25) is 0 Å². The Morgan fingerprint density at radius 1 is 1.07 bits per heavy atom. The summed E-state index contributed by atoms with van der Waals surface area (Å²) in [4.78, 5) is 11.5. The minimum absolute atomic E-state index is 0.207. The van der Waals surface area contributed by atoms with Crippen molar-refractivity contribution >= 4 is 16.6 Å². The summed E-state index contributed by atoms with van der Waals surface area (Å²) in [5.74, 6) is 0.207. The fourth-order valence-corrected chi connectivity index (χ4v) is 1.74. The van der Waals surface area contributed by atoms with Gasteiger partial charge in [-0.25, -0.2) is 0 Å². The lowest BCUT2D eigenvalue weighted by Crippen LogP contribution is -1.95. The minimum Gasteiger partial charge on any atom is -0.294 e. The van der Waals surface area contributed by atoms with E-state index in [1.54, 1.807) is 0 Å². The van der Waals surface area contributed by atoms with Gasteiger partial charge in [-0.2, -0.15) is 0 Å². The summed E-state index contributed by atoms with van der Waals surface area (Å²) in [7, 11) is 0. The molecule has 2 aromatic rings. The average molecular weight is 198 g/mol. The molecule has 2 rings (SSSR count). The van der Waals surface area contributed by atoms with Crippen LogP contribution in [0.4, 0.5) is 0 Å². The zero-order valence-corrected chi connectivity index (χ0v) is 9.08. The third kappa shape index (κ3) is 1.91. The van der Waals surface area contributed by atoms with Crippen molar-refractivity contribution in [2.45, 2.75) is 20.3 Å². The normalized spacial score (nSPS) is 10.5. The molecule has 0 heterocycles. The zero-order chi connectivity index (χ0) is 10.8. The fourth-order valence-electron chi connectivity index (χ4n) is 1.74. The molecule has 0 spiro atoms. The van der Waals surface area contributed by atoms with Crippen molar-refractivity contribution in [1.29, 1.82) is 0 Å². The van der Waals surface area contributed by atoms with Crippen molar-refractivity contribution in [3.63, 3.8) is 0 Å². The Kier molecular flexibility index (Phi) is 2.55. The highest BCUT2D eigenvalue weighted by Crippen LogP contribution is 2.18. The summed E-state index contributed by atoms with van der Waals surface area (Å²) in [5.41, 5.74) is 2.04. The molecule has 0 saturated heterocycles. The number of benzene rings is 2. The number of hydrogen-bond donors (Lipinski definition) is 0. The molecule has 76 valence electrons. The van der Waals surface area contributed by atoms with Gasteiger partial charge in [-0.3, -0.25) is 4.79 Å². The number of fused-ring (bicyclic) bond motifs is 1. The number of aryl methyl sites for hydroxylation is 1. The van der Waals surface area contributed by atoms with Gasteiger partial charge >= 0.3 is 0 Å². The molecule has 2 aromatic carbocycles. The number of ketones is 1. The number of carbonyl (C=O) groups excluding carboxylic acids is 1. The molecule has 1 nitrogen and oxygen atoms in total. The summed E-state index contributed by atoms with van der Waals surface area (Å²) in [5, 5.41) is 2.34. The van der Waals surface area contributed by atoms with Crippen LogP contribution in [0.3, 0.4) is 0 Å². The maximum Gasteiger partial charge on any atom is 0.162 e. The molecule has 15 heavy (non-hydrogen) atoms. The first-order chi connectivity index (χ1) is 7.20. The quantitative estimate of drug-likeness (QED) is 0.672. The number of Topliss-reactive ketones (excluding diaryl/α,β-unsaturated/α-hetero) is 1. The molecule has 0 radical (unpaired) electrons. The maximum atomic E-state index is 11.5. The van der Waals surface area contributed by atoms with Crippen LogP contribution in [0.1, 0.15) is 29.3 Å². The Labute approximate surface area is 89.7 Å². The van der Waals surface area contributed by atoms with Gasteiger partial charge in [0.15, 0.2) is 5.78 Å². The second kappa shape index (κ2) is 3.85. The fraction of sp³-hybridized carbons (Fsp3) is 0.214. The van der Waals surface area contributed by atoms with E-state index in [4.69, 9.17) is 0 Å². The third-order valence-corrected chi connectivity index (χ3v) is 2.64. The monoisotopic (exact) mass is 198 g/mol. The molecule has 0 aliphatic heterocycles. The molecule has 0 N–H and O–H groups in total. The van der Waals surface area contributed by atoms with Crippen molar-refractivity contribution in [2.75, 3.05) is 0 Å². The molecule has 0 bridgehead atoms. The lowest BCUT2D eigenvalue weighted by atomic mass is 10.0. The van der Waals surface area contributed by atoms with Crippen LogP contribution in [0.5, 0.6) is 0 Å². The van der Waals surface area contributed by atoms with Crippen LogP contribution in [0, 0.1) is 6.92 Å². The lowest BCUT2D eigenvalue weighted by Gasteiger charge is -2.02. The number of rotatable bonds is 2. The molecule has 0 saturated carbocycles. The predicted molar refractivity (Wildman–Crippen MR) is 63.3 cm³/mol. The Bertz CT molecular complexity index is 512. The van der Waals surface area contributed by atoms with Gasteiger partial charge in [0.25, 0.3) is 0 Å². The highest BCUT2D eigenvalue weighted by Gasteiger charge is 2.03. The largest absolute Gasteiger partial charge is 0.294 e. The molecule has 0 amide bonds. The summed E-state index contributed by atoms with van der Waals surface area (Å²) >= 11 is 0. The standard InChI is InChI=1S/C14H14O/c1-3-14(15)12-7-6-11-5-4-10(2)8-13(11)9-12/h4-9H,3H2,1-2H3. The zero-order valence-electron chi connectivity index (χ0n) is 9.08. The van der Waals surface area contributed by atoms with Crippen LogP contribution < -0.4 is 0 Å². The van der Waals surface area contributed by atoms with E-state index in [-0.39, 0.29) is 5.78 Å². The van der Waals surface area contributed by atoms with Crippen molar-refractivity contribution in [2.24, 2.45) is 0 Å². The summed E-state index contributed by atoms with van der Waals surface area (Å²) in [6.07, 6.45) is 0.567. The van der Waals surface area contributed by atoms with Gasteiger partial charge in [0, 0.05) is 12.0 Å². The molecule has 0 atom stereocenters. The van der Waals surface area contributed by atoms with E-state index in [1.165, 1.54) is 10.9 Å². The Hall–Kier alpha value is -1.63. The molecule has 0 fully saturated rings. The maximum absolute atomic E-state index is 11.5. The number of hydrogen-bond acceptors (Lipinski definition) is 1. The lowest BCUT2D eigenvalue weighted by molar-refractivity contribution is 0.0988. The smallest absolute Gasteiger partial charge is 0.162 e. The van der Waals surface area contributed by atoms with Gasteiger partial charge in [-0.15, -0.1) is 0 Å². The second-order valence-electron chi connectivity index (χ2n) is 3.84. The second-order valence-corrected chi connectivity index (χ2v) is 3.84. The highest BCUT2D eigenvalue weighted by atomic mass is 16.1. The van der Waals surface area contributed by atoms with E-state index in [1.807, 2.05) is 25.1 Å². The third-order valence-electron chi connectivity index (χ3n) is 2.64. The van der Waals surface area contributed by atoms with Gasteiger partial charge in [-0.05, 0) is 23.8 Å². The molecule has 0 aliphatic carbocycles. The van der Waals surface area contributed by atoms with Crippen molar-refractivity contribution in [1.82, 2.24) is 0 Å². The van der Waals surface area contributed by atoms with Crippen molar-refractivity contribution in [3.05, 3.63) is 47.5 Å². The van der Waals surface area contributed by atoms with Crippen molar-refractivity contribution in [3.8, 4) is 0 Å². The van der Waals surface area contributed by atoms with E-state index in [0.717, 1.165) is 10.9 Å². The Morgan fingerprint density at radius 2 is 1.80 bits per heavy atom. The van der Waals surface area contributed by atoms with Crippen LogP contribution in [-0.2, 0) is 0 Å². The topological polar surface area (TPSA) is 17.1 Å². The Balaban J connectivity index is 2.59. The van der Waals surface area contributed by atoms with E-state index in [2.05, 4.69) is 25.1 Å². The van der Waals surface area contributed by atoms with Crippen LogP contribution in [-0.4, -0.2) is 5.78 Å². The molecular weight excluding hydrogens is 184 g/mol. The molecular formula is C14H14O. The summed E-state index contributed by atoms with van der Waals surface area (Å²) < 4.78 is 0. The van der Waals surface area contributed by atoms with Gasteiger partial charge in [-0.1, -0.05) is 42.8 Å². The number of carbonyl (C=O) groups is 1. The predicted octanol–water partition coefficient (Wildman–Crippen LogP) is 3.74. The van der Waals surface area contributed by atoms with Crippen LogP contribution in [0.25, 0.3) is 10.8 Å². The summed E-state index contributed by atoms with van der Waals surface area (Å²) in [6, 6.07) is 12.2. The van der Waals surface area contributed by atoms with Crippen LogP contribution >= 0.6 is 0 Å². The van der Waals surface area contributed by atoms with Gasteiger partial charge < -0.3 is 0 Å². The Morgan fingerprint density at radius 3 is 2.53 bits per heavy atom. The highest BCUT2D eigenvalue weighted by molar-refractivity contribution is 5.99. The SMILES string of the molecule is CCC(=O)c1ccc2ccc(C)cc2c1. The van der Waals surface area contributed by atoms with E-state index in [0.29, 0.717) is 6.42 Å². The minimum atomic E-state index is 0.207. The van der Waals surface area contributed by atoms with Gasteiger partial charge in [0.2, 0.25) is 0 Å². The first-order valence-electron chi connectivity index (χ1n) is 5.24. The summed E-state index contributed by atoms with van der Waals surface area (Å²) in [6.45, 7) is 3.95. The average Bonchev–Trinajstić information content (AvgIpc) is 2.27. The van der Waals surface area contributed by atoms with Crippen LogP contribution in [0.15, 0.2) is 36.4 Å². The molecule has 1 heteroatoms. The molecule has 0 aromatic heterocycles. The van der Waals surface area contributed by atoms with E-state index in [9.17, 15) is 4.79 Å². The van der Waals surface area contributed by atoms with E-state index < -0.39 is 0 Å². The van der Waals surface area contributed by atoms with Gasteiger partial charge in [0.05, 0.1) is 0 Å².